The number of aryl methyl sites for hydroxylation is 1. The molecule has 7 heteroatoms. The third-order valence-corrected chi connectivity index (χ3v) is 5.84. The Morgan fingerprint density at radius 2 is 2.00 bits per heavy atom. The molecule has 164 valence electrons. The molecule has 0 aliphatic carbocycles. The van der Waals surface area contributed by atoms with Gasteiger partial charge in [0, 0.05) is 44.5 Å². The van der Waals surface area contributed by atoms with E-state index in [0.717, 1.165) is 62.8 Å². The highest BCUT2D eigenvalue weighted by Crippen LogP contribution is 2.24. The number of halogens is 2. The first-order valence-electron chi connectivity index (χ1n) is 10.8. The number of hydrogen-bond donors (Lipinski definition) is 2. The normalized spacial score (nSPS) is 23.4. The van der Waals surface area contributed by atoms with E-state index in [0.29, 0.717) is 12.0 Å². The van der Waals surface area contributed by atoms with Gasteiger partial charge in [0.1, 0.15) is 5.82 Å². The Morgan fingerprint density at radius 3 is 2.72 bits per heavy atom. The van der Waals surface area contributed by atoms with Crippen LogP contribution in [0.5, 0.6) is 0 Å². The van der Waals surface area contributed by atoms with Crippen molar-refractivity contribution in [2.24, 2.45) is 10.9 Å². The molecule has 2 atom stereocenters. The van der Waals surface area contributed by atoms with Crippen molar-refractivity contribution in [2.75, 3.05) is 51.2 Å². The van der Waals surface area contributed by atoms with Crippen LogP contribution in [0.2, 0.25) is 0 Å². The quantitative estimate of drug-likeness (QED) is 0.356. The van der Waals surface area contributed by atoms with E-state index in [4.69, 9.17) is 4.99 Å². The van der Waals surface area contributed by atoms with Crippen LogP contribution in [0.25, 0.3) is 0 Å². The lowest BCUT2D eigenvalue weighted by Gasteiger charge is -2.36. The standard InChI is InChI=1S/C22H36FN5.HI/c1-4-24-22(25-14-18-7-5-11-27(3)15-18)26-20-8-6-12-28(16-20)21-10-9-19(23)13-17(21)2;/h9-10,13,18,20H,4-8,11-12,14-16H2,1-3H3,(H2,24,25,26);1H. The molecule has 0 amide bonds. The van der Waals surface area contributed by atoms with Crippen molar-refractivity contribution in [2.45, 2.75) is 45.6 Å². The van der Waals surface area contributed by atoms with Gasteiger partial charge >= 0.3 is 0 Å². The fourth-order valence-corrected chi connectivity index (χ4v) is 4.44. The smallest absolute Gasteiger partial charge is 0.191 e. The van der Waals surface area contributed by atoms with Crippen molar-refractivity contribution < 1.29 is 4.39 Å². The number of rotatable bonds is 5. The molecule has 1 aromatic rings. The number of benzene rings is 1. The Balaban J connectivity index is 0.00000300. The zero-order valence-corrected chi connectivity index (χ0v) is 20.4. The number of nitrogens with one attached hydrogen (secondary N) is 2. The highest BCUT2D eigenvalue weighted by atomic mass is 127. The van der Waals surface area contributed by atoms with Crippen LogP contribution >= 0.6 is 24.0 Å². The van der Waals surface area contributed by atoms with Gasteiger partial charge in [-0.2, -0.15) is 0 Å². The third-order valence-electron chi connectivity index (χ3n) is 5.84. The number of likely N-dealkylation sites (tertiary alicyclic amines) is 1. The molecule has 3 rings (SSSR count). The van der Waals surface area contributed by atoms with E-state index in [9.17, 15) is 4.39 Å². The minimum absolute atomic E-state index is 0. The van der Waals surface area contributed by atoms with Gasteiger partial charge in [-0.25, -0.2) is 4.39 Å². The highest BCUT2D eigenvalue weighted by molar-refractivity contribution is 14.0. The van der Waals surface area contributed by atoms with Gasteiger partial charge in [0.2, 0.25) is 0 Å². The van der Waals surface area contributed by atoms with Crippen LogP contribution in [0.15, 0.2) is 23.2 Å². The molecular weight excluding hydrogens is 480 g/mol. The van der Waals surface area contributed by atoms with Crippen molar-refractivity contribution in [3.63, 3.8) is 0 Å². The predicted molar refractivity (Wildman–Crippen MR) is 131 cm³/mol. The van der Waals surface area contributed by atoms with Gasteiger partial charge < -0.3 is 20.4 Å². The topological polar surface area (TPSA) is 42.9 Å². The van der Waals surface area contributed by atoms with Gasteiger partial charge in [0.15, 0.2) is 5.96 Å². The maximum absolute atomic E-state index is 13.5. The average molecular weight is 517 g/mol. The van der Waals surface area contributed by atoms with Crippen LogP contribution in [-0.4, -0.2) is 63.2 Å². The van der Waals surface area contributed by atoms with E-state index >= 15 is 0 Å². The zero-order valence-electron chi connectivity index (χ0n) is 18.1. The lowest BCUT2D eigenvalue weighted by atomic mass is 9.99. The van der Waals surface area contributed by atoms with E-state index in [2.05, 4.69) is 34.4 Å². The van der Waals surface area contributed by atoms with E-state index in [-0.39, 0.29) is 29.8 Å². The van der Waals surface area contributed by atoms with Crippen LogP contribution in [0, 0.1) is 18.7 Å². The van der Waals surface area contributed by atoms with E-state index < -0.39 is 0 Å². The second kappa shape index (κ2) is 11.9. The summed E-state index contributed by atoms with van der Waals surface area (Å²) in [6.07, 6.45) is 4.80. The summed E-state index contributed by atoms with van der Waals surface area (Å²) < 4.78 is 13.5. The largest absolute Gasteiger partial charge is 0.369 e. The molecule has 2 heterocycles. The van der Waals surface area contributed by atoms with E-state index in [1.54, 1.807) is 12.1 Å². The van der Waals surface area contributed by atoms with Gasteiger partial charge in [-0.1, -0.05) is 0 Å². The van der Waals surface area contributed by atoms with Crippen molar-refractivity contribution in [1.29, 1.82) is 0 Å². The Kier molecular flexibility index (Phi) is 9.95. The molecule has 0 bridgehead atoms. The van der Waals surface area contributed by atoms with Gasteiger partial charge in [-0.3, -0.25) is 4.99 Å². The lowest BCUT2D eigenvalue weighted by Crippen LogP contribution is -2.51. The summed E-state index contributed by atoms with van der Waals surface area (Å²) in [4.78, 5) is 9.67. The first-order valence-corrected chi connectivity index (χ1v) is 10.8. The molecule has 1 aromatic carbocycles. The Bertz CT molecular complexity index is 669. The molecular formula is C22H37FIN5. The van der Waals surface area contributed by atoms with Crippen molar-refractivity contribution in [3.05, 3.63) is 29.6 Å². The summed E-state index contributed by atoms with van der Waals surface area (Å²) in [7, 11) is 2.20. The number of hydrogen-bond acceptors (Lipinski definition) is 3. The summed E-state index contributed by atoms with van der Waals surface area (Å²) in [6, 6.07) is 5.45. The minimum atomic E-state index is -0.164. The Morgan fingerprint density at radius 1 is 1.21 bits per heavy atom. The Hall–Kier alpha value is -1.09. The fourth-order valence-electron chi connectivity index (χ4n) is 4.44. The number of nitrogens with zero attached hydrogens (tertiary/aromatic N) is 3. The van der Waals surface area contributed by atoms with Crippen LogP contribution in [0.1, 0.15) is 38.2 Å². The van der Waals surface area contributed by atoms with Crippen LogP contribution in [0.4, 0.5) is 10.1 Å². The van der Waals surface area contributed by atoms with Gasteiger partial charge in [0.25, 0.3) is 0 Å². The second-order valence-electron chi connectivity index (χ2n) is 8.35. The first-order chi connectivity index (χ1) is 13.5. The second-order valence-corrected chi connectivity index (χ2v) is 8.35. The lowest BCUT2D eigenvalue weighted by molar-refractivity contribution is 0.214. The van der Waals surface area contributed by atoms with Crippen LogP contribution in [-0.2, 0) is 0 Å². The maximum atomic E-state index is 13.5. The fraction of sp³-hybridized carbons (Fsp3) is 0.682. The SMILES string of the molecule is CCNC(=NCC1CCCN(C)C1)NC1CCCN(c2ccc(F)cc2C)C1.I. The highest BCUT2D eigenvalue weighted by Gasteiger charge is 2.22. The molecule has 2 fully saturated rings. The number of piperidine rings is 2. The maximum Gasteiger partial charge on any atom is 0.191 e. The van der Waals surface area contributed by atoms with Gasteiger partial charge in [0.05, 0.1) is 0 Å². The molecule has 2 unspecified atom stereocenters. The zero-order chi connectivity index (χ0) is 19.9. The minimum Gasteiger partial charge on any atom is -0.369 e. The summed E-state index contributed by atoms with van der Waals surface area (Å²) in [5.41, 5.74) is 2.14. The predicted octanol–water partition coefficient (Wildman–Crippen LogP) is 3.62. The monoisotopic (exact) mass is 517 g/mol. The van der Waals surface area contributed by atoms with Crippen LogP contribution in [0.3, 0.4) is 0 Å². The van der Waals surface area contributed by atoms with Crippen molar-refractivity contribution in [1.82, 2.24) is 15.5 Å². The molecule has 2 aliphatic rings. The number of guanidine groups is 1. The summed E-state index contributed by atoms with van der Waals surface area (Å²) >= 11 is 0. The molecule has 0 spiro atoms. The van der Waals surface area contributed by atoms with Crippen molar-refractivity contribution in [3.8, 4) is 0 Å². The number of aliphatic imine (C=N–C) groups is 1. The molecule has 2 saturated heterocycles. The number of anilines is 1. The third kappa shape index (κ3) is 7.27. The van der Waals surface area contributed by atoms with Crippen molar-refractivity contribution >= 4 is 35.6 Å². The molecule has 2 aliphatic heterocycles. The van der Waals surface area contributed by atoms with Crippen LogP contribution < -0.4 is 15.5 Å². The molecule has 29 heavy (non-hydrogen) atoms. The average Bonchev–Trinajstić information content (AvgIpc) is 2.67. The molecule has 0 radical (unpaired) electrons. The van der Waals surface area contributed by atoms with Gasteiger partial charge in [-0.15, -0.1) is 24.0 Å². The molecule has 0 aromatic heterocycles. The summed E-state index contributed by atoms with van der Waals surface area (Å²) in [6.45, 7) is 10.1. The van der Waals surface area contributed by atoms with E-state index in [1.165, 1.54) is 19.4 Å². The molecule has 5 nitrogen and oxygen atoms in total. The Labute approximate surface area is 192 Å². The molecule has 0 saturated carbocycles. The summed E-state index contributed by atoms with van der Waals surface area (Å²) in [5.74, 6) is 1.42. The summed E-state index contributed by atoms with van der Waals surface area (Å²) in [5, 5.41) is 7.06. The van der Waals surface area contributed by atoms with E-state index in [1.807, 2.05) is 13.0 Å². The first kappa shape index (κ1) is 24.2. The van der Waals surface area contributed by atoms with Gasteiger partial charge in [-0.05, 0) is 82.8 Å². The molecule has 2 N–H and O–H groups in total.